The van der Waals surface area contributed by atoms with E-state index in [2.05, 4.69) is 20.7 Å². The van der Waals surface area contributed by atoms with Crippen molar-refractivity contribution in [3.8, 4) is 0 Å². The highest BCUT2D eigenvalue weighted by atomic mass is 79.9. The molecule has 0 aliphatic carbocycles. The van der Waals surface area contributed by atoms with Crippen LogP contribution in [0.25, 0.3) is 6.08 Å². The highest BCUT2D eigenvalue weighted by Gasteiger charge is 2.14. The minimum atomic E-state index is -3.78. The molecule has 0 spiro atoms. The first-order valence-corrected chi connectivity index (χ1v) is 10.9. The molecule has 0 aliphatic rings. The van der Waals surface area contributed by atoms with Crippen LogP contribution in [0.2, 0.25) is 5.02 Å². The second-order valence-corrected chi connectivity index (χ2v) is 8.93. The highest BCUT2D eigenvalue weighted by molar-refractivity contribution is 9.10. The predicted octanol–water partition coefficient (Wildman–Crippen LogP) is 5.80. The molecule has 7 heteroatoms. The van der Waals surface area contributed by atoms with E-state index in [9.17, 15) is 13.2 Å². The molecule has 0 saturated carbocycles. The van der Waals surface area contributed by atoms with Crippen molar-refractivity contribution in [2.24, 2.45) is 0 Å². The zero-order valence-corrected chi connectivity index (χ0v) is 17.6. The average molecular weight is 477 g/mol. The maximum Gasteiger partial charge on any atom is 0.261 e. The molecule has 3 rings (SSSR count). The zero-order chi connectivity index (χ0) is 20.1. The van der Waals surface area contributed by atoms with Gasteiger partial charge in [0.1, 0.15) is 0 Å². The molecule has 0 atom stereocenters. The van der Waals surface area contributed by atoms with Crippen LogP contribution in [0, 0.1) is 0 Å². The second-order valence-electron chi connectivity index (χ2n) is 5.89. The van der Waals surface area contributed by atoms with E-state index in [0.29, 0.717) is 16.3 Å². The topological polar surface area (TPSA) is 63.2 Å². The third-order valence-corrected chi connectivity index (χ3v) is 5.94. The Bertz CT molecular complexity index is 1140. The molecule has 0 heterocycles. The molecule has 0 aromatic heterocycles. The van der Waals surface area contributed by atoms with E-state index in [1.807, 2.05) is 24.3 Å². The fourth-order valence-corrected chi connectivity index (χ4v) is 4.03. The summed E-state index contributed by atoms with van der Waals surface area (Å²) in [5.41, 5.74) is 1.56. The Kier molecular flexibility index (Phi) is 6.34. The summed E-state index contributed by atoms with van der Waals surface area (Å²) in [6, 6.07) is 19.7. The Morgan fingerprint density at radius 3 is 2.39 bits per heavy atom. The van der Waals surface area contributed by atoms with Crippen molar-refractivity contribution in [3.63, 3.8) is 0 Å². The van der Waals surface area contributed by atoms with Crippen molar-refractivity contribution >= 4 is 55.1 Å². The van der Waals surface area contributed by atoms with Gasteiger partial charge >= 0.3 is 0 Å². The van der Waals surface area contributed by atoms with Crippen LogP contribution in [0.5, 0.6) is 0 Å². The summed E-state index contributed by atoms with van der Waals surface area (Å²) in [4.78, 5) is 12.5. The fourth-order valence-electron chi connectivity index (χ4n) is 2.44. The first-order valence-electron chi connectivity index (χ1n) is 8.20. The van der Waals surface area contributed by atoms with Gasteiger partial charge in [-0.1, -0.05) is 57.9 Å². The second kappa shape index (κ2) is 8.73. The monoisotopic (exact) mass is 475 g/mol. The lowest BCUT2D eigenvalue weighted by Crippen LogP contribution is -2.13. The van der Waals surface area contributed by atoms with Crippen molar-refractivity contribution in [3.05, 3.63) is 99.5 Å². The average Bonchev–Trinajstić information content (AvgIpc) is 2.66. The van der Waals surface area contributed by atoms with Crippen LogP contribution in [-0.2, 0) is 10.0 Å². The number of ketones is 1. The smallest absolute Gasteiger partial charge is 0.261 e. The first kappa shape index (κ1) is 20.3. The molecule has 0 bridgehead atoms. The molecule has 0 fully saturated rings. The molecule has 3 aromatic carbocycles. The molecule has 4 nitrogen and oxygen atoms in total. The fraction of sp³-hybridized carbons (Fsp3) is 0. The molecule has 1 N–H and O–H groups in total. The van der Waals surface area contributed by atoms with Gasteiger partial charge in [0.2, 0.25) is 0 Å². The molecule has 0 saturated heterocycles. The summed E-state index contributed by atoms with van der Waals surface area (Å²) < 4.78 is 28.4. The quantitative estimate of drug-likeness (QED) is 0.361. The maximum atomic E-state index is 12.5. The molecule has 0 unspecified atom stereocenters. The minimum absolute atomic E-state index is 0.0863. The van der Waals surface area contributed by atoms with Crippen molar-refractivity contribution in [1.82, 2.24) is 0 Å². The third kappa shape index (κ3) is 5.32. The van der Waals surface area contributed by atoms with Crippen molar-refractivity contribution in [1.29, 1.82) is 0 Å². The van der Waals surface area contributed by atoms with Gasteiger partial charge in [-0.25, -0.2) is 8.42 Å². The lowest BCUT2D eigenvalue weighted by Gasteiger charge is -2.09. The minimum Gasteiger partial charge on any atom is -0.289 e. The number of hydrogen-bond donors (Lipinski definition) is 1. The van der Waals surface area contributed by atoms with Crippen molar-refractivity contribution in [2.75, 3.05) is 4.72 Å². The van der Waals surface area contributed by atoms with Crippen LogP contribution in [-0.4, -0.2) is 14.2 Å². The Morgan fingerprint density at radius 2 is 1.68 bits per heavy atom. The van der Waals surface area contributed by atoms with E-state index >= 15 is 0 Å². The van der Waals surface area contributed by atoms with E-state index in [4.69, 9.17) is 11.6 Å². The van der Waals surface area contributed by atoms with Gasteiger partial charge in [0.25, 0.3) is 10.0 Å². The van der Waals surface area contributed by atoms with Gasteiger partial charge in [0.05, 0.1) is 4.90 Å². The molecule has 0 aliphatic heterocycles. The van der Waals surface area contributed by atoms with Crippen LogP contribution >= 0.6 is 27.5 Å². The van der Waals surface area contributed by atoms with Crippen molar-refractivity contribution in [2.45, 2.75) is 4.90 Å². The highest BCUT2D eigenvalue weighted by Crippen LogP contribution is 2.20. The van der Waals surface area contributed by atoms with Gasteiger partial charge in [-0.05, 0) is 60.2 Å². The van der Waals surface area contributed by atoms with Gasteiger partial charge in [-0.2, -0.15) is 0 Å². The molecule has 0 amide bonds. The van der Waals surface area contributed by atoms with E-state index in [-0.39, 0.29) is 10.7 Å². The van der Waals surface area contributed by atoms with Crippen LogP contribution in [0.15, 0.2) is 88.2 Å². The van der Waals surface area contributed by atoms with E-state index < -0.39 is 10.0 Å². The zero-order valence-electron chi connectivity index (χ0n) is 14.5. The Labute approximate surface area is 177 Å². The lowest BCUT2D eigenvalue weighted by molar-refractivity contribution is 0.104. The standard InChI is InChI=1S/C21H15BrClNO3S/c22-17-5-1-3-15(13-17)7-12-21(25)16-4-2-6-19(14-16)24-28(26,27)20-10-8-18(23)9-11-20/h1-14,24H/b12-7+. The van der Waals surface area contributed by atoms with Crippen molar-refractivity contribution < 1.29 is 13.2 Å². The summed E-state index contributed by atoms with van der Waals surface area (Å²) in [6.07, 6.45) is 3.16. The molecule has 142 valence electrons. The molecule has 28 heavy (non-hydrogen) atoms. The summed E-state index contributed by atoms with van der Waals surface area (Å²) in [7, 11) is -3.78. The number of carbonyl (C=O) groups is 1. The number of halogens is 2. The number of carbonyl (C=O) groups excluding carboxylic acids is 1. The van der Waals surface area contributed by atoms with Gasteiger partial charge in [0.15, 0.2) is 5.78 Å². The lowest BCUT2D eigenvalue weighted by atomic mass is 10.1. The normalized spacial score (nSPS) is 11.5. The van der Waals surface area contributed by atoms with E-state index in [0.717, 1.165) is 10.0 Å². The molecular weight excluding hydrogens is 462 g/mol. The number of benzene rings is 3. The summed E-state index contributed by atoms with van der Waals surface area (Å²) >= 11 is 9.18. The number of allylic oxidation sites excluding steroid dienone is 1. The molecule has 0 radical (unpaired) electrons. The van der Waals surface area contributed by atoms with Gasteiger partial charge in [-0.3, -0.25) is 9.52 Å². The van der Waals surface area contributed by atoms with E-state index in [1.54, 1.807) is 24.3 Å². The Balaban J connectivity index is 1.78. The van der Waals surface area contributed by atoms with Gasteiger partial charge in [-0.15, -0.1) is 0 Å². The number of hydrogen-bond acceptors (Lipinski definition) is 3. The van der Waals surface area contributed by atoms with Gasteiger partial charge in [0, 0.05) is 20.7 Å². The predicted molar refractivity (Wildman–Crippen MR) is 116 cm³/mol. The summed E-state index contributed by atoms with van der Waals surface area (Å²) in [5.74, 6) is -0.229. The largest absolute Gasteiger partial charge is 0.289 e. The van der Waals surface area contributed by atoms with Crippen LogP contribution in [0.3, 0.4) is 0 Å². The first-order chi connectivity index (χ1) is 13.3. The van der Waals surface area contributed by atoms with Crippen LogP contribution in [0.4, 0.5) is 5.69 Å². The Morgan fingerprint density at radius 1 is 0.964 bits per heavy atom. The molecular formula is C21H15BrClNO3S. The van der Waals surface area contributed by atoms with Crippen LogP contribution in [0.1, 0.15) is 15.9 Å². The number of rotatable bonds is 6. The van der Waals surface area contributed by atoms with Gasteiger partial charge < -0.3 is 0 Å². The number of anilines is 1. The summed E-state index contributed by atoms with van der Waals surface area (Å²) in [6.45, 7) is 0. The number of nitrogens with one attached hydrogen (secondary N) is 1. The van der Waals surface area contributed by atoms with E-state index in [1.165, 1.54) is 36.4 Å². The third-order valence-electron chi connectivity index (χ3n) is 3.80. The SMILES string of the molecule is O=C(/C=C/c1cccc(Br)c1)c1cccc(NS(=O)(=O)c2ccc(Cl)cc2)c1. The summed E-state index contributed by atoms with van der Waals surface area (Å²) in [5, 5.41) is 0.448. The number of sulfonamides is 1. The Hall–Kier alpha value is -2.41. The molecule has 3 aromatic rings. The maximum absolute atomic E-state index is 12.5. The van der Waals surface area contributed by atoms with Crippen LogP contribution < -0.4 is 4.72 Å².